The second-order valence-electron chi connectivity index (χ2n) is 5.94. The molecule has 1 unspecified atom stereocenters. The summed E-state index contributed by atoms with van der Waals surface area (Å²) in [4.78, 5) is 14.2. The fourth-order valence-electron chi connectivity index (χ4n) is 2.58. The monoisotopic (exact) mass is 312 g/mol. The summed E-state index contributed by atoms with van der Waals surface area (Å²) in [5.74, 6) is -0.140. The summed E-state index contributed by atoms with van der Waals surface area (Å²) in [6.07, 6.45) is -0.0404. The van der Waals surface area contributed by atoms with Gasteiger partial charge >= 0.3 is 0 Å². The van der Waals surface area contributed by atoms with Gasteiger partial charge in [0.1, 0.15) is 0 Å². The van der Waals surface area contributed by atoms with Crippen LogP contribution in [-0.2, 0) is 14.8 Å². The standard InChI is InChI=1S/C14H20N2O4S/c1-10-8-16(9-14(2,3)20-10)13(17)11-4-6-12(7-5-11)21(15,18)19/h4-7,10H,8-9H2,1-3H3,(H2,15,18,19). The third kappa shape index (κ3) is 3.81. The van der Waals surface area contributed by atoms with Crippen LogP contribution in [0.1, 0.15) is 31.1 Å². The summed E-state index contributed by atoms with van der Waals surface area (Å²) in [5, 5.41) is 5.04. The number of nitrogens with two attached hydrogens (primary N) is 1. The molecule has 0 saturated carbocycles. The quantitative estimate of drug-likeness (QED) is 0.881. The average molecular weight is 312 g/mol. The van der Waals surface area contributed by atoms with Crippen LogP contribution in [0.25, 0.3) is 0 Å². The number of ether oxygens (including phenoxy) is 1. The van der Waals surface area contributed by atoms with Crippen molar-refractivity contribution in [3.05, 3.63) is 29.8 Å². The first kappa shape index (κ1) is 15.9. The number of carbonyl (C=O) groups is 1. The summed E-state index contributed by atoms with van der Waals surface area (Å²) in [5.41, 5.74) is 0.0423. The van der Waals surface area contributed by atoms with Gasteiger partial charge in [0.05, 0.1) is 16.6 Å². The first-order chi connectivity index (χ1) is 9.58. The highest BCUT2D eigenvalue weighted by Gasteiger charge is 2.34. The number of morpholine rings is 1. The lowest BCUT2D eigenvalue weighted by Crippen LogP contribution is -2.53. The Kier molecular flexibility index (Phi) is 4.10. The van der Waals surface area contributed by atoms with Crippen molar-refractivity contribution in [2.24, 2.45) is 5.14 Å². The molecule has 6 nitrogen and oxygen atoms in total. The Hall–Kier alpha value is -1.44. The molecule has 2 N–H and O–H groups in total. The van der Waals surface area contributed by atoms with Crippen LogP contribution in [0.15, 0.2) is 29.2 Å². The van der Waals surface area contributed by atoms with Gasteiger partial charge in [-0.05, 0) is 45.0 Å². The molecule has 1 atom stereocenters. The maximum absolute atomic E-state index is 12.5. The molecule has 0 aromatic heterocycles. The molecule has 1 fully saturated rings. The number of hydrogen-bond acceptors (Lipinski definition) is 4. The normalized spacial score (nSPS) is 22.1. The molecule has 2 rings (SSSR count). The van der Waals surface area contributed by atoms with Crippen LogP contribution >= 0.6 is 0 Å². The number of primary sulfonamides is 1. The van der Waals surface area contributed by atoms with Crippen molar-refractivity contribution < 1.29 is 17.9 Å². The lowest BCUT2D eigenvalue weighted by Gasteiger charge is -2.41. The van der Waals surface area contributed by atoms with E-state index < -0.39 is 15.6 Å². The Bertz CT molecular complexity index is 637. The minimum atomic E-state index is -3.74. The first-order valence-corrected chi connectivity index (χ1v) is 8.23. The Labute approximate surface area is 124 Å². The predicted molar refractivity (Wildman–Crippen MR) is 78.3 cm³/mol. The van der Waals surface area contributed by atoms with Gasteiger partial charge < -0.3 is 9.64 Å². The highest BCUT2D eigenvalue weighted by molar-refractivity contribution is 7.89. The minimum absolute atomic E-state index is 0.00488. The summed E-state index contributed by atoms with van der Waals surface area (Å²) < 4.78 is 28.2. The van der Waals surface area contributed by atoms with E-state index in [0.717, 1.165) is 0 Å². The number of amides is 1. The Morgan fingerprint density at radius 1 is 1.33 bits per heavy atom. The van der Waals surface area contributed by atoms with Crippen molar-refractivity contribution in [3.8, 4) is 0 Å². The van der Waals surface area contributed by atoms with Crippen LogP contribution in [0.4, 0.5) is 0 Å². The Morgan fingerprint density at radius 2 is 1.90 bits per heavy atom. The van der Waals surface area contributed by atoms with Crippen molar-refractivity contribution in [3.63, 3.8) is 0 Å². The van der Waals surface area contributed by atoms with Crippen molar-refractivity contribution in [2.45, 2.75) is 37.4 Å². The number of sulfonamides is 1. The summed E-state index contributed by atoms with van der Waals surface area (Å²) in [7, 11) is -3.74. The zero-order valence-corrected chi connectivity index (χ0v) is 13.2. The van der Waals surface area contributed by atoms with Crippen molar-refractivity contribution in [1.29, 1.82) is 0 Å². The molecule has 1 aliphatic heterocycles. The third-order valence-corrected chi connectivity index (χ3v) is 4.22. The van der Waals surface area contributed by atoms with E-state index in [-0.39, 0.29) is 16.9 Å². The molecule has 1 amide bonds. The van der Waals surface area contributed by atoms with Crippen LogP contribution in [0, 0.1) is 0 Å². The van der Waals surface area contributed by atoms with Crippen LogP contribution in [0.2, 0.25) is 0 Å². The summed E-state index contributed by atoms with van der Waals surface area (Å²) >= 11 is 0. The molecule has 0 aliphatic carbocycles. The largest absolute Gasteiger partial charge is 0.369 e. The fraction of sp³-hybridized carbons (Fsp3) is 0.500. The molecule has 21 heavy (non-hydrogen) atoms. The molecule has 1 aromatic rings. The van der Waals surface area contributed by atoms with E-state index in [0.29, 0.717) is 18.7 Å². The van der Waals surface area contributed by atoms with Crippen LogP contribution < -0.4 is 5.14 Å². The third-order valence-electron chi connectivity index (χ3n) is 3.29. The average Bonchev–Trinajstić information content (AvgIpc) is 2.34. The van der Waals surface area contributed by atoms with E-state index in [9.17, 15) is 13.2 Å². The van der Waals surface area contributed by atoms with E-state index in [2.05, 4.69) is 0 Å². The van der Waals surface area contributed by atoms with Gasteiger partial charge in [0, 0.05) is 18.7 Å². The van der Waals surface area contributed by atoms with Crippen molar-refractivity contribution in [2.75, 3.05) is 13.1 Å². The smallest absolute Gasteiger partial charge is 0.254 e. The van der Waals surface area contributed by atoms with Gasteiger partial charge in [0.25, 0.3) is 5.91 Å². The molecule has 1 aliphatic rings. The molecule has 0 radical (unpaired) electrons. The molecule has 116 valence electrons. The molecular formula is C14H20N2O4S. The summed E-state index contributed by atoms with van der Waals surface area (Å²) in [6.45, 7) is 6.80. The maximum atomic E-state index is 12.5. The van der Waals surface area contributed by atoms with Crippen LogP contribution in [0.5, 0.6) is 0 Å². The zero-order valence-electron chi connectivity index (χ0n) is 12.4. The molecule has 7 heteroatoms. The number of rotatable bonds is 2. The number of nitrogens with zero attached hydrogens (tertiary/aromatic N) is 1. The maximum Gasteiger partial charge on any atom is 0.254 e. The zero-order chi connectivity index (χ0) is 15.8. The van der Waals surface area contributed by atoms with E-state index in [1.807, 2.05) is 20.8 Å². The highest BCUT2D eigenvalue weighted by Crippen LogP contribution is 2.22. The van der Waals surface area contributed by atoms with Gasteiger partial charge in [-0.2, -0.15) is 0 Å². The fourth-order valence-corrected chi connectivity index (χ4v) is 3.09. The molecular weight excluding hydrogens is 292 g/mol. The predicted octanol–water partition coefficient (Wildman–Crippen LogP) is 0.974. The lowest BCUT2D eigenvalue weighted by atomic mass is 10.0. The van der Waals surface area contributed by atoms with Gasteiger partial charge in [-0.25, -0.2) is 13.6 Å². The van der Waals surface area contributed by atoms with Crippen LogP contribution in [0.3, 0.4) is 0 Å². The Morgan fingerprint density at radius 3 is 2.38 bits per heavy atom. The molecule has 1 heterocycles. The van der Waals surface area contributed by atoms with E-state index in [1.165, 1.54) is 24.3 Å². The lowest BCUT2D eigenvalue weighted by molar-refractivity contribution is -0.118. The van der Waals surface area contributed by atoms with Gasteiger partial charge in [0.15, 0.2) is 0 Å². The SMILES string of the molecule is CC1CN(C(=O)c2ccc(S(N)(=O)=O)cc2)CC(C)(C)O1. The first-order valence-electron chi connectivity index (χ1n) is 6.68. The number of carbonyl (C=O) groups excluding carboxylic acids is 1. The molecule has 1 saturated heterocycles. The second-order valence-corrected chi connectivity index (χ2v) is 7.50. The van der Waals surface area contributed by atoms with Gasteiger partial charge in [-0.3, -0.25) is 4.79 Å². The molecule has 0 bridgehead atoms. The summed E-state index contributed by atoms with van der Waals surface area (Å²) in [6, 6.07) is 5.65. The number of benzene rings is 1. The Balaban J connectivity index is 2.20. The van der Waals surface area contributed by atoms with Gasteiger partial charge in [0.2, 0.25) is 10.0 Å². The highest BCUT2D eigenvalue weighted by atomic mass is 32.2. The molecule has 1 aromatic carbocycles. The van der Waals surface area contributed by atoms with Gasteiger partial charge in [-0.15, -0.1) is 0 Å². The minimum Gasteiger partial charge on any atom is -0.369 e. The van der Waals surface area contributed by atoms with Crippen molar-refractivity contribution >= 4 is 15.9 Å². The van der Waals surface area contributed by atoms with Gasteiger partial charge in [-0.1, -0.05) is 0 Å². The number of hydrogen-bond donors (Lipinski definition) is 1. The van der Waals surface area contributed by atoms with Crippen molar-refractivity contribution in [1.82, 2.24) is 4.90 Å². The van der Waals surface area contributed by atoms with Crippen LogP contribution in [-0.4, -0.2) is 44.0 Å². The van der Waals surface area contributed by atoms with E-state index in [4.69, 9.17) is 9.88 Å². The van der Waals surface area contributed by atoms with E-state index >= 15 is 0 Å². The van der Waals surface area contributed by atoms with E-state index in [1.54, 1.807) is 4.90 Å². The second kappa shape index (κ2) is 5.40. The topological polar surface area (TPSA) is 89.7 Å². The molecule has 0 spiro atoms.